The molecule has 0 saturated carbocycles. The van der Waals surface area contributed by atoms with Crippen molar-refractivity contribution >= 4 is 28.9 Å². The summed E-state index contributed by atoms with van der Waals surface area (Å²) in [5.41, 5.74) is 2.75. The van der Waals surface area contributed by atoms with Crippen LogP contribution in [0.5, 0.6) is 5.75 Å². The Kier molecular flexibility index (Phi) is 8.18. The molecule has 4 aromatic rings. The molecule has 3 aromatic heterocycles. The number of nitrogens with zero attached hydrogens (tertiary/aromatic N) is 7. The average molecular weight is 547 g/mol. The summed E-state index contributed by atoms with van der Waals surface area (Å²) in [5, 5.41) is 7.77. The number of ether oxygens (including phenoxy) is 2. The minimum atomic E-state index is -0.455. The molecule has 1 N–H and O–H groups in total. The third kappa shape index (κ3) is 6.88. The fourth-order valence-corrected chi connectivity index (χ4v) is 4.88. The molecule has 11 nitrogen and oxygen atoms in total. The van der Waals surface area contributed by atoms with Crippen LogP contribution in [0.15, 0.2) is 49.2 Å². The minimum absolute atomic E-state index is 0.203. The van der Waals surface area contributed by atoms with Crippen molar-refractivity contribution in [2.45, 2.75) is 65.5 Å². The number of nitrogens with one attached hydrogen (secondary N) is 1. The van der Waals surface area contributed by atoms with Crippen molar-refractivity contribution in [3.63, 3.8) is 0 Å². The number of imidazole rings is 1. The van der Waals surface area contributed by atoms with Crippen LogP contribution in [0, 0.1) is 5.92 Å². The Balaban J connectivity index is 1.12. The van der Waals surface area contributed by atoms with Crippen LogP contribution in [0.3, 0.4) is 0 Å². The van der Waals surface area contributed by atoms with Gasteiger partial charge in [0.25, 0.3) is 0 Å². The Bertz CT molecular complexity index is 1420. The molecule has 11 heteroatoms. The molecule has 1 fully saturated rings. The van der Waals surface area contributed by atoms with E-state index in [1.165, 1.54) is 0 Å². The zero-order chi connectivity index (χ0) is 28.1. The van der Waals surface area contributed by atoms with Crippen molar-refractivity contribution in [1.29, 1.82) is 0 Å². The molecule has 0 radical (unpaired) electrons. The molecule has 40 heavy (non-hydrogen) atoms. The number of likely N-dealkylation sites (tertiary alicyclic amines) is 1. The lowest BCUT2D eigenvalue weighted by molar-refractivity contribution is 0.0180. The molecule has 0 aliphatic carbocycles. The summed E-state index contributed by atoms with van der Waals surface area (Å²) in [6, 6.07) is 7.84. The zero-order valence-electron chi connectivity index (χ0n) is 23.7. The van der Waals surface area contributed by atoms with E-state index in [9.17, 15) is 4.79 Å². The van der Waals surface area contributed by atoms with E-state index >= 15 is 0 Å². The SMILES string of the molecule is CCOc1ccc(-n2cnc3cnc(Nc4cnn(CCCC5CCN(C(=O)OC(C)(C)C)CC5)c4)nc32)cc1. The van der Waals surface area contributed by atoms with E-state index in [0.29, 0.717) is 29.6 Å². The van der Waals surface area contributed by atoms with Crippen LogP contribution in [-0.2, 0) is 11.3 Å². The fourth-order valence-electron chi connectivity index (χ4n) is 4.88. The first kappa shape index (κ1) is 27.4. The van der Waals surface area contributed by atoms with Gasteiger partial charge in [0.05, 0.1) is 24.7 Å². The predicted octanol–water partition coefficient (Wildman–Crippen LogP) is 5.58. The molecule has 1 aromatic carbocycles. The Morgan fingerprint density at radius 1 is 1.10 bits per heavy atom. The van der Waals surface area contributed by atoms with Crippen LogP contribution in [-0.4, -0.2) is 65.6 Å². The summed E-state index contributed by atoms with van der Waals surface area (Å²) in [7, 11) is 0. The lowest BCUT2D eigenvalue weighted by atomic mass is 9.92. The van der Waals surface area contributed by atoms with Gasteiger partial charge in [0.1, 0.15) is 23.2 Å². The lowest BCUT2D eigenvalue weighted by Crippen LogP contribution is -2.41. The number of anilines is 2. The maximum absolute atomic E-state index is 12.3. The lowest BCUT2D eigenvalue weighted by Gasteiger charge is -2.33. The molecule has 0 unspecified atom stereocenters. The van der Waals surface area contributed by atoms with E-state index in [-0.39, 0.29) is 6.09 Å². The van der Waals surface area contributed by atoms with Crippen molar-refractivity contribution in [1.82, 2.24) is 34.2 Å². The number of hydrogen-bond acceptors (Lipinski definition) is 8. The zero-order valence-corrected chi connectivity index (χ0v) is 23.7. The number of rotatable bonds is 9. The first-order valence-corrected chi connectivity index (χ1v) is 14.0. The maximum Gasteiger partial charge on any atom is 0.410 e. The van der Waals surface area contributed by atoms with Gasteiger partial charge in [0, 0.05) is 31.5 Å². The van der Waals surface area contributed by atoms with Crippen LogP contribution in [0.1, 0.15) is 53.4 Å². The minimum Gasteiger partial charge on any atom is -0.494 e. The van der Waals surface area contributed by atoms with Crippen LogP contribution >= 0.6 is 0 Å². The number of aryl methyl sites for hydroxylation is 1. The van der Waals surface area contributed by atoms with E-state index in [1.807, 2.05) is 72.3 Å². The van der Waals surface area contributed by atoms with E-state index in [0.717, 1.165) is 62.4 Å². The molecule has 0 atom stereocenters. The van der Waals surface area contributed by atoms with Crippen molar-refractivity contribution < 1.29 is 14.3 Å². The third-order valence-electron chi connectivity index (χ3n) is 6.87. The quantitative estimate of drug-likeness (QED) is 0.289. The van der Waals surface area contributed by atoms with Crippen LogP contribution < -0.4 is 10.1 Å². The highest BCUT2D eigenvalue weighted by Gasteiger charge is 2.26. The summed E-state index contributed by atoms with van der Waals surface area (Å²) in [4.78, 5) is 27.7. The van der Waals surface area contributed by atoms with Gasteiger partial charge in [-0.05, 0) is 83.6 Å². The van der Waals surface area contributed by atoms with Gasteiger partial charge >= 0.3 is 6.09 Å². The topological polar surface area (TPSA) is 112 Å². The number of benzene rings is 1. The predicted molar refractivity (Wildman–Crippen MR) is 153 cm³/mol. The summed E-state index contributed by atoms with van der Waals surface area (Å²) >= 11 is 0. The molecule has 1 saturated heterocycles. The van der Waals surface area contributed by atoms with E-state index in [4.69, 9.17) is 14.5 Å². The van der Waals surface area contributed by atoms with Gasteiger partial charge in [-0.15, -0.1) is 0 Å². The molecule has 1 aliphatic rings. The summed E-state index contributed by atoms with van der Waals surface area (Å²) in [5.74, 6) is 1.93. The maximum atomic E-state index is 12.3. The van der Waals surface area contributed by atoms with Gasteiger partial charge in [-0.2, -0.15) is 10.1 Å². The van der Waals surface area contributed by atoms with Gasteiger partial charge in [0.2, 0.25) is 5.95 Å². The van der Waals surface area contributed by atoms with E-state index < -0.39 is 5.60 Å². The Morgan fingerprint density at radius 3 is 2.60 bits per heavy atom. The highest BCUT2D eigenvalue weighted by atomic mass is 16.6. The monoisotopic (exact) mass is 546 g/mol. The summed E-state index contributed by atoms with van der Waals surface area (Å²) in [6.07, 6.45) is 11.2. The van der Waals surface area contributed by atoms with Crippen LogP contribution in [0.4, 0.5) is 16.4 Å². The molecule has 0 bridgehead atoms. The number of hydrogen-bond donors (Lipinski definition) is 1. The van der Waals surface area contributed by atoms with E-state index in [2.05, 4.69) is 20.4 Å². The normalized spacial score (nSPS) is 14.4. The molecule has 4 heterocycles. The van der Waals surface area contributed by atoms with Crippen LogP contribution in [0.25, 0.3) is 16.9 Å². The fraction of sp³-hybridized carbons (Fsp3) is 0.483. The Labute approximate surface area is 234 Å². The van der Waals surface area contributed by atoms with Crippen LogP contribution in [0.2, 0.25) is 0 Å². The second-order valence-electron chi connectivity index (χ2n) is 11.1. The molecular formula is C29H38N8O3. The molecule has 0 spiro atoms. The molecular weight excluding hydrogens is 508 g/mol. The van der Waals surface area contributed by atoms with Gasteiger partial charge < -0.3 is 19.7 Å². The highest BCUT2D eigenvalue weighted by Crippen LogP contribution is 2.24. The van der Waals surface area contributed by atoms with Gasteiger partial charge in [-0.25, -0.2) is 14.8 Å². The summed E-state index contributed by atoms with van der Waals surface area (Å²) < 4.78 is 14.9. The van der Waals surface area contributed by atoms with Crippen molar-refractivity contribution in [3.8, 4) is 11.4 Å². The van der Waals surface area contributed by atoms with Crippen molar-refractivity contribution in [2.75, 3.05) is 25.0 Å². The van der Waals surface area contributed by atoms with Crippen molar-refractivity contribution in [2.24, 2.45) is 5.92 Å². The van der Waals surface area contributed by atoms with Gasteiger partial charge in [0.15, 0.2) is 5.65 Å². The standard InChI is InChI=1S/C29H38N8O3/c1-5-39-24-10-8-23(9-11-24)37-20-31-25-18-30-27(34-26(25)37)33-22-17-32-36(19-22)14-6-7-21-12-15-35(16-13-21)28(38)40-29(2,3)4/h8-11,17-21H,5-7,12-16H2,1-4H3,(H,30,33,34). The second-order valence-corrected chi connectivity index (χ2v) is 11.1. The van der Waals surface area contributed by atoms with E-state index in [1.54, 1.807) is 18.7 Å². The highest BCUT2D eigenvalue weighted by molar-refractivity contribution is 5.74. The number of fused-ring (bicyclic) bond motifs is 1. The molecule has 1 amide bonds. The number of piperidine rings is 1. The molecule has 5 rings (SSSR count). The van der Waals surface area contributed by atoms with Gasteiger partial charge in [-0.3, -0.25) is 9.25 Å². The number of amides is 1. The first-order valence-electron chi connectivity index (χ1n) is 14.0. The number of carbonyl (C=O) groups is 1. The number of carbonyl (C=O) groups excluding carboxylic acids is 1. The molecule has 212 valence electrons. The summed E-state index contributed by atoms with van der Waals surface area (Å²) in [6.45, 7) is 10.7. The smallest absolute Gasteiger partial charge is 0.410 e. The van der Waals surface area contributed by atoms with Gasteiger partial charge in [-0.1, -0.05) is 0 Å². The Morgan fingerprint density at radius 2 is 1.88 bits per heavy atom. The van der Waals surface area contributed by atoms with Crippen molar-refractivity contribution in [3.05, 3.63) is 49.2 Å². The average Bonchev–Trinajstić information content (AvgIpc) is 3.55. The second kappa shape index (κ2) is 11.9. The largest absolute Gasteiger partial charge is 0.494 e. The third-order valence-corrected chi connectivity index (χ3v) is 6.87. The Hall–Kier alpha value is -4.15. The molecule has 1 aliphatic heterocycles. The number of aromatic nitrogens is 6. The first-order chi connectivity index (χ1) is 19.3.